The zero-order valence-electron chi connectivity index (χ0n) is 11.1. The van der Waals surface area contributed by atoms with Crippen LogP contribution in [0.4, 0.5) is 5.82 Å². The smallest absolute Gasteiger partial charge is 0.328 e. The van der Waals surface area contributed by atoms with Crippen molar-refractivity contribution in [1.29, 1.82) is 0 Å². The van der Waals surface area contributed by atoms with E-state index >= 15 is 0 Å². The van der Waals surface area contributed by atoms with Gasteiger partial charge in [-0.05, 0) is 33.1 Å². The Morgan fingerprint density at radius 1 is 1.39 bits per heavy atom. The van der Waals surface area contributed by atoms with Crippen LogP contribution in [-0.4, -0.2) is 35.6 Å². The van der Waals surface area contributed by atoms with Crippen molar-refractivity contribution in [2.24, 2.45) is 0 Å². The number of hydrogen-bond donors (Lipinski definition) is 0. The van der Waals surface area contributed by atoms with Crippen LogP contribution in [-0.2, 0) is 9.53 Å². The molecule has 1 atom stereocenters. The van der Waals surface area contributed by atoms with E-state index in [1.807, 2.05) is 18.7 Å². The second-order valence-electron chi connectivity index (χ2n) is 4.63. The number of hydrogen-bond acceptors (Lipinski definition) is 5. The van der Waals surface area contributed by atoms with Gasteiger partial charge < -0.3 is 9.64 Å². The van der Waals surface area contributed by atoms with E-state index in [1.54, 1.807) is 6.20 Å². The molecule has 1 aromatic rings. The molecule has 0 aromatic carbocycles. The largest absolute Gasteiger partial charge is 0.467 e. The van der Waals surface area contributed by atoms with Crippen LogP contribution in [0.2, 0.25) is 0 Å². The lowest BCUT2D eigenvalue weighted by atomic mass is 10.0. The number of aryl methyl sites for hydroxylation is 2. The van der Waals surface area contributed by atoms with Crippen LogP contribution in [0.25, 0.3) is 0 Å². The molecular weight excluding hydrogens is 230 g/mol. The summed E-state index contributed by atoms with van der Waals surface area (Å²) in [6.45, 7) is 4.69. The van der Waals surface area contributed by atoms with Crippen LogP contribution >= 0.6 is 0 Å². The van der Waals surface area contributed by atoms with E-state index in [-0.39, 0.29) is 12.0 Å². The molecule has 1 unspecified atom stereocenters. The fourth-order valence-corrected chi connectivity index (χ4v) is 2.25. The maximum Gasteiger partial charge on any atom is 0.328 e. The quantitative estimate of drug-likeness (QED) is 0.746. The first kappa shape index (κ1) is 12.8. The van der Waals surface area contributed by atoms with Gasteiger partial charge >= 0.3 is 5.97 Å². The monoisotopic (exact) mass is 249 g/mol. The average molecular weight is 249 g/mol. The summed E-state index contributed by atoms with van der Waals surface area (Å²) in [7, 11) is 1.43. The Morgan fingerprint density at radius 3 is 2.83 bits per heavy atom. The average Bonchev–Trinajstić information content (AvgIpc) is 2.41. The van der Waals surface area contributed by atoms with E-state index in [1.165, 1.54) is 7.11 Å². The fourth-order valence-electron chi connectivity index (χ4n) is 2.25. The lowest BCUT2D eigenvalue weighted by Gasteiger charge is -2.34. The molecule has 1 saturated heterocycles. The number of rotatable bonds is 2. The molecule has 0 radical (unpaired) electrons. The SMILES string of the molecule is COC(=O)C1CCCCN1c1cnc(C)c(C)n1. The number of ether oxygens (including phenoxy) is 1. The minimum absolute atomic E-state index is 0.185. The molecule has 18 heavy (non-hydrogen) atoms. The molecule has 2 rings (SSSR count). The van der Waals surface area contributed by atoms with Gasteiger partial charge in [-0.1, -0.05) is 0 Å². The Balaban J connectivity index is 2.27. The molecule has 1 aliphatic heterocycles. The molecule has 0 N–H and O–H groups in total. The molecule has 98 valence electrons. The first-order valence-corrected chi connectivity index (χ1v) is 6.28. The lowest BCUT2D eigenvalue weighted by molar-refractivity contribution is -0.142. The van der Waals surface area contributed by atoms with Crippen molar-refractivity contribution < 1.29 is 9.53 Å². The molecule has 5 nitrogen and oxygen atoms in total. The summed E-state index contributed by atoms with van der Waals surface area (Å²) < 4.78 is 4.87. The van der Waals surface area contributed by atoms with E-state index in [4.69, 9.17) is 4.74 Å². The Morgan fingerprint density at radius 2 is 2.17 bits per heavy atom. The number of nitrogens with zero attached hydrogens (tertiary/aromatic N) is 3. The molecule has 0 spiro atoms. The second-order valence-corrected chi connectivity index (χ2v) is 4.63. The fraction of sp³-hybridized carbons (Fsp3) is 0.615. The van der Waals surface area contributed by atoms with E-state index < -0.39 is 0 Å². The number of anilines is 1. The molecular formula is C13H19N3O2. The number of carbonyl (C=O) groups is 1. The van der Waals surface area contributed by atoms with Gasteiger partial charge in [0, 0.05) is 6.54 Å². The standard InChI is InChI=1S/C13H19N3O2/c1-9-10(2)15-12(8-14-9)16-7-5-4-6-11(16)13(17)18-3/h8,11H,4-7H2,1-3H3. The van der Waals surface area contributed by atoms with Gasteiger partial charge in [-0.3, -0.25) is 4.98 Å². The summed E-state index contributed by atoms with van der Waals surface area (Å²) in [6.07, 6.45) is 4.68. The highest BCUT2D eigenvalue weighted by Crippen LogP contribution is 2.24. The lowest BCUT2D eigenvalue weighted by Crippen LogP contribution is -2.45. The Kier molecular flexibility index (Phi) is 3.79. The summed E-state index contributed by atoms with van der Waals surface area (Å²) in [5, 5.41) is 0. The van der Waals surface area contributed by atoms with Crippen LogP contribution in [0.15, 0.2) is 6.20 Å². The highest BCUT2D eigenvalue weighted by molar-refractivity contribution is 5.79. The van der Waals surface area contributed by atoms with Gasteiger partial charge in [0.15, 0.2) is 0 Å². The Labute approximate surface area is 107 Å². The molecule has 1 aliphatic rings. The zero-order chi connectivity index (χ0) is 13.1. The van der Waals surface area contributed by atoms with Crippen LogP contribution in [0.5, 0.6) is 0 Å². The van der Waals surface area contributed by atoms with Crippen molar-refractivity contribution in [2.75, 3.05) is 18.6 Å². The first-order chi connectivity index (χ1) is 8.63. The van der Waals surface area contributed by atoms with Crippen molar-refractivity contribution in [3.8, 4) is 0 Å². The highest BCUT2D eigenvalue weighted by Gasteiger charge is 2.30. The van der Waals surface area contributed by atoms with Crippen molar-refractivity contribution in [3.63, 3.8) is 0 Å². The molecule has 0 aliphatic carbocycles. The summed E-state index contributed by atoms with van der Waals surface area (Å²) in [6, 6.07) is -0.222. The molecule has 0 bridgehead atoms. The second kappa shape index (κ2) is 5.33. The summed E-state index contributed by atoms with van der Waals surface area (Å²) in [4.78, 5) is 22.6. The number of piperidine rings is 1. The number of carbonyl (C=O) groups excluding carboxylic acids is 1. The molecule has 0 amide bonds. The third-order valence-corrected chi connectivity index (χ3v) is 3.45. The number of esters is 1. The number of methoxy groups -OCH3 is 1. The van der Waals surface area contributed by atoms with Gasteiger partial charge in [-0.15, -0.1) is 0 Å². The van der Waals surface area contributed by atoms with E-state index in [2.05, 4.69) is 9.97 Å². The summed E-state index contributed by atoms with van der Waals surface area (Å²) in [5.41, 5.74) is 1.83. The first-order valence-electron chi connectivity index (χ1n) is 6.28. The molecule has 2 heterocycles. The summed E-state index contributed by atoms with van der Waals surface area (Å²) in [5.74, 6) is 0.586. The maximum atomic E-state index is 11.8. The topological polar surface area (TPSA) is 55.3 Å². The Bertz CT molecular complexity index is 448. The van der Waals surface area contributed by atoms with Crippen molar-refractivity contribution in [2.45, 2.75) is 39.2 Å². The van der Waals surface area contributed by atoms with Crippen molar-refractivity contribution in [1.82, 2.24) is 9.97 Å². The van der Waals surface area contributed by atoms with E-state index in [0.717, 1.165) is 43.0 Å². The molecule has 1 aromatic heterocycles. The van der Waals surface area contributed by atoms with Gasteiger partial charge in [0.1, 0.15) is 11.9 Å². The van der Waals surface area contributed by atoms with E-state index in [9.17, 15) is 4.79 Å². The molecule has 0 saturated carbocycles. The maximum absolute atomic E-state index is 11.8. The van der Waals surface area contributed by atoms with Gasteiger partial charge in [-0.25, -0.2) is 9.78 Å². The van der Waals surface area contributed by atoms with Gasteiger partial charge in [0.05, 0.1) is 24.7 Å². The Hall–Kier alpha value is -1.65. The minimum Gasteiger partial charge on any atom is -0.467 e. The third kappa shape index (κ3) is 2.44. The van der Waals surface area contributed by atoms with Crippen LogP contribution in [0.1, 0.15) is 30.7 Å². The molecule has 1 fully saturated rings. The highest BCUT2D eigenvalue weighted by atomic mass is 16.5. The third-order valence-electron chi connectivity index (χ3n) is 3.45. The minimum atomic E-state index is -0.222. The normalized spacial score (nSPS) is 19.7. The van der Waals surface area contributed by atoms with Gasteiger partial charge in [0.2, 0.25) is 0 Å². The van der Waals surface area contributed by atoms with E-state index in [0.29, 0.717) is 0 Å². The van der Waals surface area contributed by atoms with Crippen LogP contribution < -0.4 is 4.90 Å². The predicted molar refractivity (Wildman–Crippen MR) is 68.5 cm³/mol. The predicted octanol–water partition coefficient (Wildman–Crippen LogP) is 1.63. The van der Waals surface area contributed by atoms with Gasteiger partial charge in [-0.2, -0.15) is 0 Å². The summed E-state index contributed by atoms with van der Waals surface area (Å²) >= 11 is 0. The van der Waals surface area contributed by atoms with Crippen LogP contribution in [0.3, 0.4) is 0 Å². The zero-order valence-corrected chi connectivity index (χ0v) is 11.1. The van der Waals surface area contributed by atoms with Crippen LogP contribution in [0, 0.1) is 13.8 Å². The van der Waals surface area contributed by atoms with Crippen molar-refractivity contribution >= 4 is 11.8 Å². The molecule has 5 heteroatoms. The number of aromatic nitrogens is 2. The van der Waals surface area contributed by atoms with Gasteiger partial charge in [0.25, 0.3) is 0 Å². The van der Waals surface area contributed by atoms with Crippen molar-refractivity contribution in [3.05, 3.63) is 17.6 Å².